The van der Waals surface area contributed by atoms with Crippen molar-refractivity contribution in [2.24, 2.45) is 5.92 Å². The fourth-order valence-corrected chi connectivity index (χ4v) is 3.21. The molecule has 1 amide bonds. The molecule has 2 heterocycles. The van der Waals surface area contributed by atoms with Crippen molar-refractivity contribution in [3.8, 4) is 0 Å². The molecule has 2 fully saturated rings. The molecule has 0 bridgehead atoms. The molecule has 2 aliphatic rings. The molecule has 1 aromatic rings. The minimum absolute atomic E-state index is 0.331. The second-order valence-electron chi connectivity index (χ2n) is 5.39. The maximum absolute atomic E-state index is 12.2. The Kier molecular flexibility index (Phi) is 3.33. The summed E-state index contributed by atoms with van der Waals surface area (Å²) < 4.78 is 0. The van der Waals surface area contributed by atoms with Gasteiger partial charge < -0.3 is 10.2 Å². The number of amides is 1. The van der Waals surface area contributed by atoms with Crippen LogP contribution in [0.1, 0.15) is 24.8 Å². The van der Waals surface area contributed by atoms with Crippen LogP contribution >= 0.6 is 0 Å². The van der Waals surface area contributed by atoms with E-state index in [1.54, 1.807) is 0 Å². The van der Waals surface area contributed by atoms with Gasteiger partial charge in [0.05, 0.1) is 0 Å². The van der Waals surface area contributed by atoms with Crippen LogP contribution in [-0.2, 0) is 11.3 Å². The zero-order chi connectivity index (χ0) is 12.4. The van der Waals surface area contributed by atoms with Crippen LogP contribution < -0.4 is 5.32 Å². The molecular formula is C15H20N2O. The summed E-state index contributed by atoms with van der Waals surface area (Å²) in [6.45, 7) is 2.83. The topological polar surface area (TPSA) is 32.3 Å². The molecule has 0 aliphatic carbocycles. The summed E-state index contributed by atoms with van der Waals surface area (Å²) in [6, 6.07) is 10.7. The van der Waals surface area contributed by atoms with Crippen molar-refractivity contribution in [3.05, 3.63) is 35.9 Å². The Bertz CT molecular complexity index is 418. The highest BCUT2D eigenvalue weighted by Crippen LogP contribution is 2.31. The van der Waals surface area contributed by atoms with Crippen LogP contribution in [0.3, 0.4) is 0 Å². The molecule has 96 valence electrons. The molecule has 2 saturated heterocycles. The smallest absolute Gasteiger partial charge is 0.223 e. The first-order chi connectivity index (χ1) is 8.84. The molecule has 1 N–H and O–H groups in total. The molecule has 2 aliphatic heterocycles. The Hall–Kier alpha value is -1.35. The molecule has 18 heavy (non-hydrogen) atoms. The van der Waals surface area contributed by atoms with Crippen LogP contribution in [-0.4, -0.2) is 29.9 Å². The maximum atomic E-state index is 12.2. The van der Waals surface area contributed by atoms with E-state index in [0.717, 1.165) is 26.1 Å². The predicted molar refractivity (Wildman–Crippen MR) is 71.0 cm³/mol. The third-order valence-corrected chi connectivity index (χ3v) is 4.18. The van der Waals surface area contributed by atoms with Crippen molar-refractivity contribution in [2.75, 3.05) is 13.1 Å². The number of likely N-dealkylation sites (tertiary alicyclic amines) is 1. The fourth-order valence-electron chi connectivity index (χ4n) is 3.21. The van der Waals surface area contributed by atoms with Gasteiger partial charge in [0.15, 0.2) is 0 Å². The van der Waals surface area contributed by atoms with Gasteiger partial charge in [-0.2, -0.15) is 0 Å². The lowest BCUT2D eigenvalue weighted by atomic mass is 9.96. The monoisotopic (exact) mass is 244 g/mol. The molecule has 2 unspecified atom stereocenters. The second kappa shape index (κ2) is 5.11. The first-order valence-electron chi connectivity index (χ1n) is 6.89. The second-order valence-corrected chi connectivity index (χ2v) is 5.39. The SMILES string of the molecule is O=C1CC2CCCNCC2N1Cc1ccccc1. The Morgan fingerprint density at radius 3 is 2.94 bits per heavy atom. The van der Waals surface area contributed by atoms with Crippen LogP contribution in [0.2, 0.25) is 0 Å². The number of carbonyl (C=O) groups excluding carboxylic acids is 1. The molecule has 1 aromatic carbocycles. The van der Waals surface area contributed by atoms with Crippen molar-refractivity contribution in [2.45, 2.75) is 31.8 Å². The predicted octanol–water partition coefficient (Wildman–Crippen LogP) is 1.79. The van der Waals surface area contributed by atoms with Crippen molar-refractivity contribution < 1.29 is 4.79 Å². The summed E-state index contributed by atoms with van der Waals surface area (Å²) in [5.41, 5.74) is 1.23. The molecular weight excluding hydrogens is 224 g/mol. The first-order valence-corrected chi connectivity index (χ1v) is 6.89. The molecule has 3 nitrogen and oxygen atoms in total. The van der Waals surface area contributed by atoms with E-state index in [2.05, 4.69) is 22.3 Å². The number of carbonyl (C=O) groups is 1. The quantitative estimate of drug-likeness (QED) is 0.860. The van der Waals surface area contributed by atoms with Gasteiger partial charge >= 0.3 is 0 Å². The van der Waals surface area contributed by atoms with Crippen LogP contribution in [0.4, 0.5) is 0 Å². The number of nitrogens with zero attached hydrogens (tertiary/aromatic N) is 1. The maximum Gasteiger partial charge on any atom is 0.223 e. The van der Waals surface area contributed by atoms with Crippen molar-refractivity contribution in [1.82, 2.24) is 10.2 Å². The van der Waals surface area contributed by atoms with Gasteiger partial charge in [-0.3, -0.25) is 4.79 Å². The van der Waals surface area contributed by atoms with E-state index in [1.807, 2.05) is 18.2 Å². The number of rotatable bonds is 2. The third kappa shape index (κ3) is 2.27. The fraction of sp³-hybridized carbons (Fsp3) is 0.533. The van der Waals surface area contributed by atoms with Gasteiger partial charge in [0.1, 0.15) is 0 Å². The van der Waals surface area contributed by atoms with E-state index in [4.69, 9.17) is 0 Å². The summed E-state index contributed by atoms with van der Waals surface area (Å²) in [4.78, 5) is 14.2. The normalized spacial score (nSPS) is 28.0. The first kappa shape index (κ1) is 11.7. The number of hydrogen-bond acceptors (Lipinski definition) is 2. The summed E-state index contributed by atoms with van der Waals surface area (Å²) >= 11 is 0. The van der Waals surface area contributed by atoms with E-state index in [9.17, 15) is 4.79 Å². The van der Waals surface area contributed by atoms with Gasteiger partial charge in [-0.25, -0.2) is 0 Å². The van der Waals surface area contributed by atoms with Gasteiger partial charge in [0.25, 0.3) is 0 Å². The zero-order valence-electron chi connectivity index (χ0n) is 10.6. The lowest BCUT2D eigenvalue weighted by molar-refractivity contribution is -0.129. The lowest BCUT2D eigenvalue weighted by Crippen LogP contribution is -2.40. The minimum Gasteiger partial charge on any atom is -0.334 e. The van der Waals surface area contributed by atoms with Crippen molar-refractivity contribution >= 4 is 5.91 Å². The van der Waals surface area contributed by atoms with Gasteiger partial charge in [0, 0.05) is 25.6 Å². The van der Waals surface area contributed by atoms with Crippen LogP contribution in [0, 0.1) is 5.92 Å². The highest BCUT2D eigenvalue weighted by atomic mass is 16.2. The highest BCUT2D eigenvalue weighted by Gasteiger charge is 2.39. The lowest BCUT2D eigenvalue weighted by Gasteiger charge is -2.27. The van der Waals surface area contributed by atoms with Crippen LogP contribution in [0.5, 0.6) is 0 Å². The molecule has 0 saturated carbocycles. The Morgan fingerprint density at radius 1 is 1.28 bits per heavy atom. The van der Waals surface area contributed by atoms with Gasteiger partial charge in [-0.15, -0.1) is 0 Å². The van der Waals surface area contributed by atoms with E-state index in [1.165, 1.54) is 18.4 Å². The van der Waals surface area contributed by atoms with E-state index in [-0.39, 0.29) is 0 Å². The molecule has 0 radical (unpaired) electrons. The van der Waals surface area contributed by atoms with Gasteiger partial charge in [0.2, 0.25) is 5.91 Å². The standard InChI is InChI=1S/C15H20N2O/c18-15-9-13-7-4-8-16-10-14(13)17(15)11-12-5-2-1-3-6-12/h1-3,5-6,13-14,16H,4,7-11H2. The minimum atomic E-state index is 0.331. The Morgan fingerprint density at radius 2 is 2.11 bits per heavy atom. The molecule has 3 rings (SSSR count). The number of benzene rings is 1. The third-order valence-electron chi connectivity index (χ3n) is 4.18. The molecule has 3 heteroatoms. The summed E-state index contributed by atoms with van der Waals surface area (Å²) in [5, 5.41) is 3.46. The highest BCUT2D eigenvalue weighted by molar-refractivity contribution is 5.79. The van der Waals surface area contributed by atoms with Crippen LogP contribution in [0.15, 0.2) is 30.3 Å². The van der Waals surface area contributed by atoms with Crippen molar-refractivity contribution in [1.29, 1.82) is 0 Å². The van der Waals surface area contributed by atoms with E-state index >= 15 is 0 Å². The van der Waals surface area contributed by atoms with Gasteiger partial charge in [-0.05, 0) is 30.9 Å². The number of fused-ring (bicyclic) bond motifs is 1. The largest absolute Gasteiger partial charge is 0.334 e. The van der Waals surface area contributed by atoms with Gasteiger partial charge in [-0.1, -0.05) is 30.3 Å². The summed E-state index contributed by atoms with van der Waals surface area (Å²) in [7, 11) is 0. The Balaban J connectivity index is 1.76. The van der Waals surface area contributed by atoms with Crippen LogP contribution in [0.25, 0.3) is 0 Å². The number of hydrogen-bond donors (Lipinski definition) is 1. The van der Waals surface area contributed by atoms with Crippen molar-refractivity contribution in [3.63, 3.8) is 0 Å². The molecule has 0 aromatic heterocycles. The average Bonchev–Trinajstić information content (AvgIpc) is 2.56. The zero-order valence-corrected chi connectivity index (χ0v) is 10.6. The van der Waals surface area contributed by atoms with E-state index < -0.39 is 0 Å². The molecule has 2 atom stereocenters. The number of nitrogens with one attached hydrogen (secondary N) is 1. The average molecular weight is 244 g/mol. The summed E-state index contributed by atoms with van der Waals surface area (Å²) in [5.74, 6) is 0.897. The Labute approximate surface area is 108 Å². The van der Waals surface area contributed by atoms with E-state index in [0.29, 0.717) is 17.9 Å². The summed E-state index contributed by atoms with van der Waals surface area (Å²) in [6.07, 6.45) is 3.14. The molecule has 0 spiro atoms.